The summed E-state index contributed by atoms with van der Waals surface area (Å²) in [6.07, 6.45) is 2.89. The fourth-order valence-electron chi connectivity index (χ4n) is 2.10. The molecule has 2 bridgehead atoms. The van der Waals surface area contributed by atoms with E-state index in [4.69, 9.17) is 0 Å². The van der Waals surface area contributed by atoms with Crippen LogP contribution in [-0.2, 0) is 0 Å². The summed E-state index contributed by atoms with van der Waals surface area (Å²) in [5.74, 6) is 2.04. The van der Waals surface area contributed by atoms with Crippen LogP contribution < -0.4 is 5.32 Å². The first-order valence-corrected chi connectivity index (χ1v) is 3.59. The third-order valence-corrected chi connectivity index (χ3v) is 2.72. The van der Waals surface area contributed by atoms with Crippen LogP contribution in [0.25, 0.3) is 0 Å². The molecule has 0 spiro atoms. The van der Waals surface area contributed by atoms with Crippen molar-refractivity contribution in [1.29, 1.82) is 0 Å². The SMILES string of the molecule is C[C@@H]1CC2CC1CN2. The molecule has 1 heteroatoms. The first-order chi connectivity index (χ1) is 3.86. The molecule has 3 atom stereocenters. The van der Waals surface area contributed by atoms with Crippen molar-refractivity contribution in [2.45, 2.75) is 25.8 Å². The minimum absolute atomic E-state index is 0.898. The lowest BCUT2D eigenvalue weighted by Crippen LogP contribution is -2.28. The van der Waals surface area contributed by atoms with Crippen molar-refractivity contribution in [2.75, 3.05) is 6.54 Å². The Morgan fingerprint density at radius 3 is 2.50 bits per heavy atom. The first kappa shape index (κ1) is 4.80. The van der Waals surface area contributed by atoms with E-state index in [-0.39, 0.29) is 0 Å². The molecule has 2 unspecified atom stereocenters. The van der Waals surface area contributed by atoms with E-state index in [1.54, 1.807) is 0 Å². The fraction of sp³-hybridized carbons (Fsp3) is 1.00. The van der Waals surface area contributed by atoms with Gasteiger partial charge in [-0.05, 0) is 31.2 Å². The number of hydrogen-bond acceptors (Lipinski definition) is 1. The maximum atomic E-state index is 3.49. The number of piperidine rings is 1. The molecule has 0 aromatic rings. The predicted octanol–water partition coefficient (Wildman–Crippen LogP) is 1.00. The van der Waals surface area contributed by atoms with Gasteiger partial charge in [-0.15, -0.1) is 0 Å². The van der Waals surface area contributed by atoms with E-state index in [1.165, 1.54) is 19.4 Å². The minimum atomic E-state index is 0.898. The van der Waals surface area contributed by atoms with Crippen LogP contribution in [0.5, 0.6) is 0 Å². The molecule has 0 aromatic carbocycles. The Kier molecular flexibility index (Phi) is 0.884. The van der Waals surface area contributed by atoms with Gasteiger partial charge in [0.05, 0.1) is 0 Å². The number of rotatable bonds is 0. The summed E-state index contributed by atoms with van der Waals surface area (Å²) in [7, 11) is 0. The summed E-state index contributed by atoms with van der Waals surface area (Å²) in [6.45, 7) is 3.68. The van der Waals surface area contributed by atoms with Gasteiger partial charge in [0, 0.05) is 6.04 Å². The zero-order valence-electron chi connectivity index (χ0n) is 5.35. The molecular weight excluding hydrogens is 98.1 g/mol. The summed E-state index contributed by atoms with van der Waals surface area (Å²) in [4.78, 5) is 0. The Morgan fingerprint density at radius 1 is 1.38 bits per heavy atom. The van der Waals surface area contributed by atoms with E-state index >= 15 is 0 Å². The lowest BCUT2D eigenvalue weighted by atomic mass is 9.98. The van der Waals surface area contributed by atoms with Crippen molar-refractivity contribution in [3.63, 3.8) is 0 Å². The van der Waals surface area contributed by atoms with Gasteiger partial charge in [-0.25, -0.2) is 0 Å². The van der Waals surface area contributed by atoms with Gasteiger partial charge in [0.1, 0.15) is 0 Å². The van der Waals surface area contributed by atoms with E-state index in [0.717, 1.165) is 17.9 Å². The van der Waals surface area contributed by atoms with Crippen LogP contribution in [0.3, 0.4) is 0 Å². The lowest BCUT2D eigenvalue weighted by Gasteiger charge is -2.16. The smallest absolute Gasteiger partial charge is 0.00730 e. The molecule has 8 heavy (non-hydrogen) atoms. The normalized spacial score (nSPS) is 52.9. The molecule has 1 heterocycles. The highest BCUT2D eigenvalue weighted by Gasteiger charge is 2.36. The zero-order valence-corrected chi connectivity index (χ0v) is 5.35. The molecule has 0 aromatic heterocycles. The zero-order chi connectivity index (χ0) is 5.56. The molecule has 0 amide bonds. The number of hydrogen-bond donors (Lipinski definition) is 1. The molecule has 46 valence electrons. The Balaban J connectivity index is 2.11. The van der Waals surface area contributed by atoms with E-state index in [1.807, 2.05) is 0 Å². The molecule has 1 aliphatic carbocycles. The predicted molar refractivity (Wildman–Crippen MR) is 33.7 cm³/mol. The molecule has 0 radical (unpaired) electrons. The highest BCUT2D eigenvalue weighted by Crippen LogP contribution is 2.35. The molecule has 1 nitrogen and oxygen atoms in total. The summed E-state index contributed by atoms with van der Waals surface area (Å²) in [6, 6.07) is 0.898. The highest BCUT2D eigenvalue weighted by atomic mass is 15.0. The molecule has 1 saturated carbocycles. The van der Waals surface area contributed by atoms with Crippen molar-refractivity contribution >= 4 is 0 Å². The summed E-state index contributed by atoms with van der Waals surface area (Å²) in [5.41, 5.74) is 0. The second-order valence-electron chi connectivity index (χ2n) is 3.31. The van der Waals surface area contributed by atoms with Gasteiger partial charge in [0.2, 0.25) is 0 Å². The summed E-state index contributed by atoms with van der Waals surface area (Å²) >= 11 is 0. The van der Waals surface area contributed by atoms with E-state index in [0.29, 0.717) is 0 Å². The van der Waals surface area contributed by atoms with Gasteiger partial charge in [-0.3, -0.25) is 0 Å². The number of nitrogens with one attached hydrogen (secondary N) is 1. The van der Waals surface area contributed by atoms with Gasteiger partial charge in [0.15, 0.2) is 0 Å². The van der Waals surface area contributed by atoms with Crippen molar-refractivity contribution in [2.24, 2.45) is 11.8 Å². The Morgan fingerprint density at radius 2 is 2.25 bits per heavy atom. The molecule has 1 saturated heterocycles. The Bertz CT molecular complexity index is 98.6. The van der Waals surface area contributed by atoms with Gasteiger partial charge in [0.25, 0.3) is 0 Å². The van der Waals surface area contributed by atoms with Gasteiger partial charge in [-0.2, -0.15) is 0 Å². The first-order valence-electron chi connectivity index (χ1n) is 3.59. The highest BCUT2D eigenvalue weighted by molar-refractivity contribution is 4.92. The van der Waals surface area contributed by atoms with Crippen LogP contribution in [0.15, 0.2) is 0 Å². The van der Waals surface area contributed by atoms with Gasteiger partial charge < -0.3 is 5.32 Å². The molecule has 1 N–H and O–H groups in total. The van der Waals surface area contributed by atoms with Gasteiger partial charge >= 0.3 is 0 Å². The Labute approximate surface area is 50.5 Å². The average molecular weight is 111 g/mol. The van der Waals surface area contributed by atoms with Gasteiger partial charge in [-0.1, -0.05) is 6.92 Å². The van der Waals surface area contributed by atoms with Crippen molar-refractivity contribution in [1.82, 2.24) is 5.32 Å². The van der Waals surface area contributed by atoms with Crippen LogP contribution in [0.2, 0.25) is 0 Å². The average Bonchev–Trinajstić information content (AvgIpc) is 2.23. The topological polar surface area (TPSA) is 12.0 Å². The van der Waals surface area contributed by atoms with Crippen LogP contribution in [0.1, 0.15) is 19.8 Å². The molecule has 2 fully saturated rings. The van der Waals surface area contributed by atoms with Crippen LogP contribution in [-0.4, -0.2) is 12.6 Å². The Hall–Kier alpha value is -0.0400. The summed E-state index contributed by atoms with van der Waals surface area (Å²) in [5, 5.41) is 3.49. The molecular formula is C7H13N. The maximum Gasteiger partial charge on any atom is 0.00730 e. The van der Waals surface area contributed by atoms with E-state index < -0.39 is 0 Å². The lowest BCUT2D eigenvalue weighted by molar-refractivity contribution is 0.379. The third-order valence-electron chi connectivity index (χ3n) is 2.72. The molecule has 2 aliphatic rings. The minimum Gasteiger partial charge on any atom is -0.314 e. The second kappa shape index (κ2) is 1.47. The molecule has 1 aliphatic heterocycles. The summed E-state index contributed by atoms with van der Waals surface area (Å²) < 4.78 is 0. The van der Waals surface area contributed by atoms with Crippen molar-refractivity contribution < 1.29 is 0 Å². The number of fused-ring (bicyclic) bond motifs is 2. The van der Waals surface area contributed by atoms with Crippen LogP contribution in [0.4, 0.5) is 0 Å². The third kappa shape index (κ3) is 0.510. The van der Waals surface area contributed by atoms with E-state index in [2.05, 4.69) is 12.2 Å². The van der Waals surface area contributed by atoms with Crippen LogP contribution in [0, 0.1) is 11.8 Å². The second-order valence-corrected chi connectivity index (χ2v) is 3.31. The van der Waals surface area contributed by atoms with Crippen molar-refractivity contribution in [3.05, 3.63) is 0 Å². The standard InChI is InChI=1S/C7H13N/c1-5-2-7-3-6(5)4-8-7/h5-8H,2-4H2,1H3/t5-,6?,7?/m1/s1. The quantitative estimate of drug-likeness (QED) is 0.492. The van der Waals surface area contributed by atoms with Crippen LogP contribution >= 0.6 is 0 Å². The monoisotopic (exact) mass is 111 g/mol. The molecule has 2 rings (SSSR count). The fourth-order valence-corrected chi connectivity index (χ4v) is 2.10. The largest absolute Gasteiger partial charge is 0.314 e. The van der Waals surface area contributed by atoms with Crippen molar-refractivity contribution in [3.8, 4) is 0 Å². The van der Waals surface area contributed by atoms with E-state index in [9.17, 15) is 0 Å². The maximum absolute atomic E-state index is 3.49.